The van der Waals surface area contributed by atoms with Gasteiger partial charge in [-0.3, -0.25) is 9.69 Å². The van der Waals surface area contributed by atoms with Crippen molar-refractivity contribution < 1.29 is 14.3 Å². The van der Waals surface area contributed by atoms with Crippen molar-refractivity contribution in [2.45, 2.75) is 56.5 Å². The van der Waals surface area contributed by atoms with Gasteiger partial charge >= 0.3 is 0 Å². The summed E-state index contributed by atoms with van der Waals surface area (Å²) < 4.78 is 13.6. The predicted octanol–water partition coefficient (Wildman–Crippen LogP) is 4.43. The van der Waals surface area contributed by atoms with Crippen LogP contribution < -0.4 is 0 Å². The highest BCUT2D eigenvalue weighted by Gasteiger charge is 2.49. The quantitative estimate of drug-likeness (QED) is 0.771. The summed E-state index contributed by atoms with van der Waals surface area (Å²) in [6.45, 7) is 2.72. The number of hydrogen-bond acceptors (Lipinski definition) is 3. The molecule has 0 radical (unpaired) electrons. The number of benzene rings is 2. The van der Waals surface area contributed by atoms with Crippen LogP contribution in [0, 0.1) is 11.7 Å². The highest BCUT2D eigenvalue weighted by atomic mass is 19.1. The molecule has 2 heterocycles. The van der Waals surface area contributed by atoms with Crippen LogP contribution in [-0.4, -0.2) is 59.1 Å². The first-order valence-electron chi connectivity index (χ1n) is 12.2. The smallest absolute Gasteiger partial charge is 0.225 e. The molecule has 5 rings (SSSR count). The van der Waals surface area contributed by atoms with E-state index in [1.165, 1.54) is 24.5 Å². The number of hydrogen-bond donors (Lipinski definition) is 1. The van der Waals surface area contributed by atoms with Crippen molar-refractivity contribution in [1.82, 2.24) is 9.80 Å². The van der Waals surface area contributed by atoms with Gasteiger partial charge in [-0.25, -0.2) is 4.39 Å². The molecule has 5 heteroatoms. The minimum atomic E-state index is -0.233. The molecule has 32 heavy (non-hydrogen) atoms. The van der Waals surface area contributed by atoms with E-state index >= 15 is 0 Å². The van der Waals surface area contributed by atoms with Gasteiger partial charge in [-0.15, -0.1) is 0 Å². The normalized spacial score (nSPS) is 26.8. The van der Waals surface area contributed by atoms with Crippen molar-refractivity contribution in [3.8, 4) is 11.1 Å². The lowest BCUT2D eigenvalue weighted by molar-refractivity contribution is -0.140. The van der Waals surface area contributed by atoms with E-state index < -0.39 is 0 Å². The van der Waals surface area contributed by atoms with Crippen molar-refractivity contribution in [2.24, 2.45) is 5.92 Å². The lowest BCUT2D eigenvalue weighted by Gasteiger charge is -2.57. The summed E-state index contributed by atoms with van der Waals surface area (Å²) in [5.41, 5.74) is 3.05. The average Bonchev–Trinajstić information content (AvgIpc) is 3.33. The molecule has 2 aromatic rings. The van der Waals surface area contributed by atoms with Gasteiger partial charge in [-0.05, 0) is 61.1 Å². The maximum absolute atomic E-state index is 13.6. The van der Waals surface area contributed by atoms with E-state index in [0.29, 0.717) is 5.91 Å². The minimum Gasteiger partial charge on any atom is -0.395 e. The van der Waals surface area contributed by atoms with E-state index in [9.17, 15) is 14.3 Å². The molecule has 0 bridgehead atoms. The van der Waals surface area contributed by atoms with Crippen LogP contribution in [0.4, 0.5) is 4.39 Å². The van der Waals surface area contributed by atoms with E-state index in [0.717, 1.165) is 56.4 Å². The topological polar surface area (TPSA) is 43.8 Å². The van der Waals surface area contributed by atoms with Crippen LogP contribution in [0.25, 0.3) is 11.1 Å². The summed E-state index contributed by atoms with van der Waals surface area (Å²) in [6.07, 6.45) is 6.51. The Balaban J connectivity index is 1.37. The summed E-state index contributed by atoms with van der Waals surface area (Å²) in [7, 11) is 0. The summed E-state index contributed by atoms with van der Waals surface area (Å²) >= 11 is 0. The van der Waals surface area contributed by atoms with Crippen LogP contribution in [-0.2, 0) is 4.79 Å². The molecule has 1 aliphatic carbocycles. The fraction of sp³-hybridized carbons (Fsp3) is 0.519. The van der Waals surface area contributed by atoms with Gasteiger partial charge in [0, 0.05) is 37.0 Å². The Hall–Kier alpha value is -2.24. The Morgan fingerprint density at radius 2 is 1.72 bits per heavy atom. The number of carbonyl (C=O) groups is 1. The Kier molecular flexibility index (Phi) is 6.29. The van der Waals surface area contributed by atoms with Crippen LogP contribution in [0.2, 0.25) is 0 Å². The van der Waals surface area contributed by atoms with Crippen molar-refractivity contribution >= 4 is 5.91 Å². The second-order valence-corrected chi connectivity index (χ2v) is 9.69. The Morgan fingerprint density at radius 3 is 2.44 bits per heavy atom. The summed E-state index contributed by atoms with van der Waals surface area (Å²) in [5, 5.41) is 10.2. The standard InChI is InChI=1S/C27H33FN2O2/c28-23-9-5-8-22(16-23)19-10-12-20(13-11-19)26-24-17-29(27(32)21-6-1-2-7-21)14-3-4-15-30(24)25(26)18-31/h5,8-13,16,21,24-26,31H,1-4,6-7,14-15,17-18H2/t24-,25+,26+/m0/s1. The highest BCUT2D eigenvalue weighted by Crippen LogP contribution is 2.42. The fourth-order valence-electron chi connectivity index (χ4n) is 6.14. The van der Waals surface area contributed by atoms with E-state index in [1.54, 1.807) is 12.1 Å². The van der Waals surface area contributed by atoms with Gasteiger partial charge in [0.05, 0.1) is 6.61 Å². The van der Waals surface area contributed by atoms with E-state index in [2.05, 4.69) is 21.9 Å². The lowest BCUT2D eigenvalue weighted by atomic mass is 9.74. The van der Waals surface area contributed by atoms with Crippen LogP contribution >= 0.6 is 0 Å². The second kappa shape index (κ2) is 9.32. The molecular formula is C27H33FN2O2. The van der Waals surface area contributed by atoms with E-state index in [-0.39, 0.29) is 36.3 Å². The third kappa shape index (κ3) is 4.08. The van der Waals surface area contributed by atoms with Gasteiger partial charge in [0.1, 0.15) is 5.82 Å². The summed E-state index contributed by atoms with van der Waals surface area (Å²) in [5.74, 6) is 0.527. The third-order valence-corrected chi connectivity index (χ3v) is 7.84. The van der Waals surface area contributed by atoms with Crippen LogP contribution in [0.5, 0.6) is 0 Å². The van der Waals surface area contributed by atoms with Crippen molar-refractivity contribution in [3.05, 3.63) is 59.9 Å². The van der Waals surface area contributed by atoms with Crippen molar-refractivity contribution in [1.29, 1.82) is 0 Å². The molecule has 3 fully saturated rings. The van der Waals surface area contributed by atoms with E-state index in [1.807, 2.05) is 18.2 Å². The zero-order chi connectivity index (χ0) is 22.1. The zero-order valence-electron chi connectivity index (χ0n) is 18.6. The monoisotopic (exact) mass is 436 g/mol. The zero-order valence-corrected chi connectivity index (χ0v) is 18.6. The highest BCUT2D eigenvalue weighted by molar-refractivity contribution is 5.79. The van der Waals surface area contributed by atoms with Crippen molar-refractivity contribution in [3.63, 3.8) is 0 Å². The molecular weight excluding hydrogens is 403 g/mol. The Bertz CT molecular complexity index is 941. The predicted molar refractivity (Wildman–Crippen MR) is 124 cm³/mol. The molecule has 0 spiro atoms. The number of aliphatic hydroxyl groups excluding tert-OH is 1. The summed E-state index contributed by atoms with van der Waals surface area (Å²) in [4.78, 5) is 17.7. The minimum absolute atomic E-state index is 0.0987. The average molecular weight is 437 g/mol. The van der Waals surface area contributed by atoms with Gasteiger partial charge in [0.25, 0.3) is 0 Å². The van der Waals surface area contributed by atoms with Gasteiger partial charge in [0.15, 0.2) is 0 Å². The molecule has 0 aromatic heterocycles. The van der Waals surface area contributed by atoms with Gasteiger partial charge in [0.2, 0.25) is 5.91 Å². The number of halogens is 1. The Labute approximate surface area is 190 Å². The maximum Gasteiger partial charge on any atom is 0.225 e. The van der Waals surface area contributed by atoms with Crippen LogP contribution in [0.1, 0.15) is 50.0 Å². The molecule has 170 valence electrons. The summed E-state index contributed by atoms with van der Waals surface area (Å²) in [6, 6.07) is 15.3. The first-order chi connectivity index (χ1) is 15.7. The van der Waals surface area contributed by atoms with Gasteiger partial charge in [-0.2, -0.15) is 0 Å². The lowest BCUT2D eigenvalue weighted by Crippen LogP contribution is -2.68. The van der Waals surface area contributed by atoms with Gasteiger partial charge in [-0.1, -0.05) is 49.2 Å². The molecule has 2 aliphatic heterocycles. The second-order valence-electron chi connectivity index (χ2n) is 9.69. The molecule has 1 saturated carbocycles. The number of amides is 1. The number of rotatable bonds is 4. The molecule has 3 aliphatic rings. The number of nitrogens with zero attached hydrogens (tertiary/aromatic N) is 2. The first kappa shape index (κ1) is 21.6. The molecule has 2 aromatic carbocycles. The first-order valence-corrected chi connectivity index (χ1v) is 12.2. The maximum atomic E-state index is 13.6. The molecule has 4 nitrogen and oxygen atoms in total. The largest absolute Gasteiger partial charge is 0.395 e. The van der Waals surface area contributed by atoms with Crippen LogP contribution in [0.15, 0.2) is 48.5 Å². The number of aliphatic hydroxyl groups is 1. The number of fused-ring (bicyclic) bond motifs is 1. The molecule has 2 saturated heterocycles. The fourth-order valence-corrected chi connectivity index (χ4v) is 6.14. The SMILES string of the molecule is O=C(C1CCCC1)N1CCCCN2[C@H](CO)[C@H](c3ccc(-c4cccc(F)c4)cc3)[C@@H]2C1. The molecule has 1 N–H and O–H groups in total. The molecule has 1 amide bonds. The number of carbonyl (C=O) groups excluding carboxylic acids is 1. The van der Waals surface area contributed by atoms with Crippen LogP contribution in [0.3, 0.4) is 0 Å². The van der Waals surface area contributed by atoms with E-state index in [4.69, 9.17) is 0 Å². The third-order valence-electron chi connectivity index (χ3n) is 7.84. The Morgan fingerprint density at radius 1 is 0.969 bits per heavy atom. The molecule has 3 atom stereocenters. The van der Waals surface area contributed by atoms with Gasteiger partial charge < -0.3 is 10.0 Å². The molecule has 0 unspecified atom stereocenters. The van der Waals surface area contributed by atoms with Crippen molar-refractivity contribution in [2.75, 3.05) is 26.2 Å².